The first-order chi connectivity index (χ1) is 8.66. The zero-order valence-electron chi connectivity index (χ0n) is 12.0. The van der Waals surface area contributed by atoms with Gasteiger partial charge >= 0.3 is 0 Å². The molecule has 0 aromatic heterocycles. The average molecular weight is 252 g/mol. The van der Waals surface area contributed by atoms with Gasteiger partial charge in [0.15, 0.2) is 0 Å². The summed E-state index contributed by atoms with van der Waals surface area (Å²) in [6.07, 6.45) is 8.73. The van der Waals surface area contributed by atoms with Crippen LogP contribution in [0.15, 0.2) is 0 Å². The van der Waals surface area contributed by atoms with Gasteiger partial charge < -0.3 is 10.2 Å². The second-order valence-electron chi connectivity index (χ2n) is 6.23. The maximum absolute atomic E-state index is 12.3. The van der Waals surface area contributed by atoms with Gasteiger partial charge in [-0.15, -0.1) is 0 Å². The smallest absolute Gasteiger partial charge is 0.239 e. The van der Waals surface area contributed by atoms with Crippen molar-refractivity contribution >= 4 is 5.91 Å². The largest absolute Gasteiger partial charge is 0.341 e. The van der Waals surface area contributed by atoms with E-state index in [1.807, 2.05) is 11.8 Å². The second kappa shape index (κ2) is 6.55. The maximum Gasteiger partial charge on any atom is 0.239 e. The molecule has 0 spiro atoms. The molecular weight excluding hydrogens is 224 g/mol. The molecular formula is C15H28N2O. The summed E-state index contributed by atoms with van der Waals surface area (Å²) in [6.45, 7) is 6.30. The quantitative estimate of drug-likeness (QED) is 0.837. The molecule has 0 bridgehead atoms. The summed E-state index contributed by atoms with van der Waals surface area (Å²) < 4.78 is 0. The van der Waals surface area contributed by atoms with Crippen LogP contribution >= 0.6 is 0 Å². The predicted molar refractivity (Wildman–Crippen MR) is 74.4 cm³/mol. The average Bonchev–Trinajstić information content (AvgIpc) is 2.41. The number of rotatable bonds is 3. The van der Waals surface area contributed by atoms with E-state index >= 15 is 0 Å². The van der Waals surface area contributed by atoms with Gasteiger partial charge in [-0.2, -0.15) is 0 Å². The Bertz CT molecular complexity index is 266. The summed E-state index contributed by atoms with van der Waals surface area (Å²) in [5.74, 6) is 1.18. The van der Waals surface area contributed by atoms with Crippen molar-refractivity contribution < 1.29 is 4.79 Å². The summed E-state index contributed by atoms with van der Waals surface area (Å²) in [7, 11) is 0. The van der Waals surface area contributed by atoms with Crippen molar-refractivity contribution in [3.63, 3.8) is 0 Å². The van der Waals surface area contributed by atoms with E-state index in [9.17, 15) is 4.79 Å². The second-order valence-corrected chi connectivity index (χ2v) is 6.23. The number of amides is 1. The molecule has 2 rings (SSSR count). The van der Waals surface area contributed by atoms with Crippen LogP contribution in [0.4, 0.5) is 0 Å². The Balaban J connectivity index is 1.76. The van der Waals surface area contributed by atoms with Gasteiger partial charge in [0.1, 0.15) is 0 Å². The molecule has 0 aromatic rings. The van der Waals surface area contributed by atoms with Crippen molar-refractivity contribution in [2.75, 3.05) is 13.1 Å². The predicted octanol–water partition coefficient (Wildman–Crippen LogP) is 2.56. The van der Waals surface area contributed by atoms with Gasteiger partial charge in [0.05, 0.1) is 6.04 Å². The lowest BCUT2D eigenvalue weighted by Crippen LogP contribution is -2.50. The lowest BCUT2D eigenvalue weighted by molar-refractivity contribution is -0.134. The molecule has 1 N–H and O–H groups in total. The van der Waals surface area contributed by atoms with Gasteiger partial charge in [-0.3, -0.25) is 4.79 Å². The number of nitrogens with zero attached hydrogens (tertiary/aromatic N) is 1. The number of hydrogen-bond acceptors (Lipinski definition) is 2. The zero-order valence-corrected chi connectivity index (χ0v) is 12.0. The molecule has 104 valence electrons. The molecule has 3 nitrogen and oxygen atoms in total. The molecule has 3 heteroatoms. The Morgan fingerprint density at radius 1 is 1.11 bits per heavy atom. The van der Waals surface area contributed by atoms with Crippen LogP contribution in [0.25, 0.3) is 0 Å². The Kier molecular flexibility index (Phi) is 5.04. The van der Waals surface area contributed by atoms with Crippen molar-refractivity contribution in [1.82, 2.24) is 10.2 Å². The topological polar surface area (TPSA) is 32.3 Å². The highest BCUT2D eigenvalue weighted by atomic mass is 16.2. The van der Waals surface area contributed by atoms with E-state index in [1.54, 1.807) is 0 Å². The van der Waals surface area contributed by atoms with Gasteiger partial charge in [0, 0.05) is 19.1 Å². The van der Waals surface area contributed by atoms with Crippen LogP contribution in [0.1, 0.15) is 58.8 Å². The van der Waals surface area contributed by atoms with Crippen molar-refractivity contribution in [3.8, 4) is 0 Å². The summed E-state index contributed by atoms with van der Waals surface area (Å²) >= 11 is 0. The molecule has 1 aliphatic carbocycles. The number of piperidine rings is 1. The van der Waals surface area contributed by atoms with E-state index in [-0.39, 0.29) is 6.04 Å². The van der Waals surface area contributed by atoms with Crippen LogP contribution in [0.5, 0.6) is 0 Å². The first-order valence-electron chi connectivity index (χ1n) is 7.71. The van der Waals surface area contributed by atoms with Crippen LogP contribution in [-0.4, -0.2) is 36.0 Å². The highest BCUT2D eigenvalue weighted by Crippen LogP contribution is 2.23. The van der Waals surface area contributed by atoms with Crippen molar-refractivity contribution in [3.05, 3.63) is 0 Å². The molecule has 1 heterocycles. The SMILES string of the molecule is CC1CCC(NC(C)C(=O)N2CCCCC2)CC1. The fourth-order valence-corrected chi connectivity index (χ4v) is 3.24. The molecule has 1 amide bonds. The first-order valence-corrected chi connectivity index (χ1v) is 7.71. The van der Waals surface area contributed by atoms with Gasteiger partial charge in [-0.25, -0.2) is 0 Å². The van der Waals surface area contributed by atoms with Crippen LogP contribution < -0.4 is 5.32 Å². The van der Waals surface area contributed by atoms with E-state index in [1.165, 1.54) is 44.9 Å². The Hall–Kier alpha value is -0.570. The summed E-state index contributed by atoms with van der Waals surface area (Å²) in [6, 6.07) is 0.562. The number of carbonyl (C=O) groups is 1. The molecule has 1 unspecified atom stereocenters. The highest BCUT2D eigenvalue weighted by molar-refractivity contribution is 5.81. The molecule has 1 saturated heterocycles. The van der Waals surface area contributed by atoms with E-state index in [4.69, 9.17) is 0 Å². The standard InChI is InChI=1S/C15H28N2O/c1-12-6-8-14(9-7-12)16-13(2)15(18)17-10-4-3-5-11-17/h12-14,16H,3-11H2,1-2H3. The lowest BCUT2D eigenvalue weighted by atomic mass is 9.87. The molecule has 1 atom stereocenters. The highest BCUT2D eigenvalue weighted by Gasteiger charge is 2.25. The summed E-state index contributed by atoms with van der Waals surface area (Å²) in [5, 5.41) is 3.55. The minimum Gasteiger partial charge on any atom is -0.341 e. The summed E-state index contributed by atoms with van der Waals surface area (Å²) in [5.41, 5.74) is 0. The molecule has 2 aliphatic rings. The summed E-state index contributed by atoms with van der Waals surface area (Å²) in [4.78, 5) is 14.3. The molecule has 0 aromatic carbocycles. The zero-order chi connectivity index (χ0) is 13.0. The van der Waals surface area contributed by atoms with Crippen molar-refractivity contribution in [2.24, 2.45) is 5.92 Å². The van der Waals surface area contributed by atoms with E-state index in [2.05, 4.69) is 12.2 Å². The first kappa shape index (κ1) is 13.9. The minimum atomic E-state index is 0.00139. The van der Waals surface area contributed by atoms with Gasteiger partial charge in [-0.05, 0) is 57.8 Å². The maximum atomic E-state index is 12.3. The van der Waals surface area contributed by atoms with Gasteiger partial charge in [0.25, 0.3) is 0 Å². The third-order valence-electron chi connectivity index (χ3n) is 4.54. The van der Waals surface area contributed by atoms with Crippen molar-refractivity contribution in [1.29, 1.82) is 0 Å². The number of carbonyl (C=O) groups excluding carboxylic acids is 1. The molecule has 1 saturated carbocycles. The third kappa shape index (κ3) is 3.71. The Labute approximate surface area is 111 Å². The van der Waals surface area contributed by atoms with Crippen LogP contribution in [0.3, 0.4) is 0 Å². The molecule has 18 heavy (non-hydrogen) atoms. The molecule has 0 radical (unpaired) electrons. The third-order valence-corrected chi connectivity index (χ3v) is 4.54. The number of likely N-dealkylation sites (tertiary alicyclic amines) is 1. The van der Waals surface area contributed by atoms with Crippen LogP contribution in [-0.2, 0) is 4.79 Å². The number of hydrogen-bond donors (Lipinski definition) is 1. The van der Waals surface area contributed by atoms with Crippen LogP contribution in [0, 0.1) is 5.92 Å². The van der Waals surface area contributed by atoms with E-state index in [0.717, 1.165) is 19.0 Å². The monoisotopic (exact) mass is 252 g/mol. The fourth-order valence-electron chi connectivity index (χ4n) is 3.24. The van der Waals surface area contributed by atoms with Gasteiger partial charge in [0.2, 0.25) is 5.91 Å². The minimum absolute atomic E-state index is 0.00139. The fraction of sp³-hybridized carbons (Fsp3) is 0.933. The Morgan fingerprint density at radius 2 is 1.72 bits per heavy atom. The van der Waals surface area contributed by atoms with Crippen molar-refractivity contribution in [2.45, 2.75) is 70.9 Å². The molecule has 2 fully saturated rings. The molecule has 1 aliphatic heterocycles. The van der Waals surface area contributed by atoms with E-state index < -0.39 is 0 Å². The lowest BCUT2D eigenvalue weighted by Gasteiger charge is -2.33. The Morgan fingerprint density at radius 3 is 2.33 bits per heavy atom. The number of nitrogens with one attached hydrogen (secondary N) is 1. The van der Waals surface area contributed by atoms with Gasteiger partial charge in [-0.1, -0.05) is 6.92 Å². The normalized spacial score (nSPS) is 31.1. The van der Waals surface area contributed by atoms with E-state index in [0.29, 0.717) is 11.9 Å². The van der Waals surface area contributed by atoms with Crippen LogP contribution in [0.2, 0.25) is 0 Å².